The van der Waals surface area contributed by atoms with Gasteiger partial charge in [0.25, 0.3) is 0 Å². The predicted molar refractivity (Wildman–Crippen MR) is 114 cm³/mol. The van der Waals surface area contributed by atoms with Gasteiger partial charge in [0.1, 0.15) is 11.6 Å². The van der Waals surface area contributed by atoms with Gasteiger partial charge in [0.05, 0.1) is 12.0 Å². The molecule has 2 aromatic rings. The number of aromatic nitrogens is 3. The van der Waals surface area contributed by atoms with Gasteiger partial charge in [0.15, 0.2) is 0 Å². The number of nitrogens with one attached hydrogen (secondary N) is 1. The third-order valence-corrected chi connectivity index (χ3v) is 6.95. The van der Waals surface area contributed by atoms with E-state index in [9.17, 15) is 4.79 Å². The molecule has 1 amide bonds. The first-order chi connectivity index (χ1) is 13.8. The molecule has 5 rings (SSSR count). The molecule has 156 valence electrons. The summed E-state index contributed by atoms with van der Waals surface area (Å²) >= 11 is 0. The SMILES string of the molecule is Cl.O=C(N1CCC(c2nnc3n2CCNC3)CC1)C1(Cc2ccccc2)CCC1. The van der Waals surface area contributed by atoms with Crippen molar-refractivity contribution in [3.8, 4) is 0 Å². The molecule has 1 aliphatic carbocycles. The molecule has 3 aliphatic rings. The largest absolute Gasteiger partial charge is 0.342 e. The fourth-order valence-electron chi connectivity index (χ4n) is 5.15. The van der Waals surface area contributed by atoms with Gasteiger partial charge in [-0.05, 0) is 37.7 Å². The summed E-state index contributed by atoms with van der Waals surface area (Å²) in [4.78, 5) is 15.5. The molecule has 0 atom stereocenters. The minimum Gasteiger partial charge on any atom is -0.342 e. The van der Waals surface area contributed by atoms with E-state index in [4.69, 9.17) is 0 Å². The summed E-state index contributed by atoms with van der Waals surface area (Å²) in [6, 6.07) is 10.5. The maximum absolute atomic E-state index is 13.4. The van der Waals surface area contributed by atoms with Crippen LogP contribution in [-0.4, -0.2) is 45.2 Å². The van der Waals surface area contributed by atoms with Gasteiger partial charge >= 0.3 is 0 Å². The van der Waals surface area contributed by atoms with Gasteiger partial charge in [0.2, 0.25) is 5.91 Å². The Morgan fingerprint density at radius 1 is 1.10 bits per heavy atom. The summed E-state index contributed by atoms with van der Waals surface area (Å²) in [5.41, 5.74) is 1.13. The second-order valence-electron chi connectivity index (χ2n) is 8.67. The molecule has 1 aromatic heterocycles. The van der Waals surface area contributed by atoms with Crippen molar-refractivity contribution in [3.05, 3.63) is 47.5 Å². The first kappa shape index (κ1) is 20.4. The van der Waals surface area contributed by atoms with Crippen LogP contribution < -0.4 is 5.32 Å². The van der Waals surface area contributed by atoms with Gasteiger partial charge in [0, 0.05) is 32.1 Å². The molecule has 0 radical (unpaired) electrons. The number of hydrogen-bond donors (Lipinski definition) is 1. The van der Waals surface area contributed by atoms with Crippen LogP contribution in [0.3, 0.4) is 0 Å². The zero-order chi connectivity index (χ0) is 19.0. The Morgan fingerprint density at radius 2 is 1.86 bits per heavy atom. The van der Waals surface area contributed by atoms with E-state index >= 15 is 0 Å². The van der Waals surface area contributed by atoms with E-state index in [0.29, 0.717) is 11.8 Å². The molecule has 1 N–H and O–H groups in total. The van der Waals surface area contributed by atoms with Crippen molar-refractivity contribution in [2.24, 2.45) is 5.41 Å². The van der Waals surface area contributed by atoms with Crippen LogP contribution in [0.1, 0.15) is 55.2 Å². The topological polar surface area (TPSA) is 63.1 Å². The second-order valence-corrected chi connectivity index (χ2v) is 8.67. The molecular weight excluding hydrogens is 386 g/mol. The van der Waals surface area contributed by atoms with Gasteiger partial charge in [-0.2, -0.15) is 0 Å². The van der Waals surface area contributed by atoms with Crippen LogP contribution in [0.5, 0.6) is 0 Å². The fourth-order valence-corrected chi connectivity index (χ4v) is 5.15. The molecular formula is C22H30ClN5O. The molecule has 1 saturated heterocycles. The molecule has 1 saturated carbocycles. The van der Waals surface area contributed by atoms with Crippen molar-refractivity contribution in [1.29, 1.82) is 0 Å². The monoisotopic (exact) mass is 415 g/mol. The van der Waals surface area contributed by atoms with Crippen molar-refractivity contribution in [2.45, 2.75) is 57.5 Å². The molecule has 29 heavy (non-hydrogen) atoms. The van der Waals surface area contributed by atoms with Crippen molar-refractivity contribution in [1.82, 2.24) is 25.0 Å². The Balaban J connectivity index is 0.00000205. The Kier molecular flexibility index (Phi) is 5.93. The lowest BCUT2D eigenvalue weighted by molar-refractivity contribution is -0.148. The van der Waals surface area contributed by atoms with E-state index < -0.39 is 0 Å². The second kappa shape index (κ2) is 8.44. The van der Waals surface area contributed by atoms with Crippen LogP contribution in [0.15, 0.2) is 30.3 Å². The van der Waals surface area contributed by atoms with Crippen LogP contribution in [0.25, 0.3) is 0 Å². The number of nitrogens with zero attached hydrogens (tertiary/aromatic N) is 4. The van der Waals surface area contributed by atoms with Crippen molar-refractivity contribution in [3.63, 3.8) is 0 Å². The highest BCUT2D eigenvalue weighted by molar-refractivity contribution is 5.85. The number of hydrogen-bond acceptors (Lipinski definition) is 4. The molecule has 0 unspecified atom stereocenters. The van der Waals surface area contributed by atoms with E-state index in [1.165, 1.54) is 12.0 Å². The maximum Gasteiger partial charge on any atom is 0.229 e. The van der Waals surface area contributed by atoms with E-state index in [1.807, 2.05) is 6.07 Å². The predicted octanol–water partition coefficient (Wildman–Crippen LogP) is 2.92. The highest BCUT2D eigenvalue weighted by Crippen LogP contribution is 2.46. The van der Waals surface area contributed by atoms with Crippen molar-refractivity contribution in [2.75, 3.05) is 19.6 Å². The Bertz CT molecular complexity index is 840. The number of rotatable bonds is 4. The smallest absolute Gasteiger partial charge is 0.229 e. The van der Waals surface area contributed by atoms with E-state index in [0.717, 1.165) is 76.5 Å². The standard InChI is InChI=1S/C22H29N5O.ClH/c28-21(22(9-4-10-22)15-17-5-2-1-3-6-17)26-12-7-18(8-13-26)20-25-24-19-16-23-11-14-27(19)20;/h1-3,5-6,18,23H,4,7-16H2;1H. The summed E-state index contributed by atoms with van der Waals surface area (Å²) in [7, 11) is 0. The van der Waals surface area contributed by atoms with Gasteiger partial charge in [-0.1, -0.05) is 36.8 Å². The zero-order valence-corrected chi connectivity index (χ0v) is 17.7. The third kappa shape index (κ3) is 3.80. The van der Waals surface area contributed by atoms with Crippen LogP contribution in [-0.2, 0) is 24.3 Å². The first-order valence-corrected chi connectivity index (χ1v) is 10.7. The van der Waals surface area contributed by atoms with Crippen LogP contribution in [0.2, 0.25) is 0 Å². The number of piperidine rings is 1. The van der Waals surface area contributed by atoms with Crippen molar-refractivity contribution < 1.29 is 4.79 Å². The summed E-state index contributed by atoms with van der Waals surface area (Å²) in [5, 5.41) is 12.2. The molecule has 6 nitrogen and oxygen atoms in total. The molecule has 7 heteroatoms. The molecule has 3 heterocycles. The Labute approximate surface area is 178 Å². The summed E-state index contributed by atoms with van der Waals surface area (Å²) in [6.07, 6.45) is 6.13. The van der Waals surface area contributed by atoms with Gasteiger partial charge in [-0.25, -0.2) is 0 Å². The van der Waals surface area contributed by atoms with Crippen molar-refractivity contribution >= 4 is 18.3 Å². The molecule has 0 spiro atoms. The number of carbonyl (C=O) groups is 1. The number of halogens is 1. The minimum atomic E-state index is -0.159. The number of likely N-dealkylation sites (tertiary alicyclic amines) is 1. The lowest BCUT2D eigenvalue weighted by Gasteiger charge is -2.45. The number of fused-ring (bicyclic) bond motifs is 1. The van der Waals surface area contributed by atoms with Gasteiger partial charge in [-0.3, -0.25) is 4.79 Å². The summed E-state index contributed by atoms with van der Waals surface area (Å²) in [5.74, 6) is 2.99. The summed E-state index contributed by atoms with van der Waals surface area (Å²) in [6.45, 7) is 4.45. The molecule has 1 aromatic carbocycles. The third-order valence-electron chi connectivity index (χ3n) is 6.95. The first-order valence-electron chi connectivity index (χ1n) is 10.7. The number of amides is 1. The van der Waals surface area contributed by atoms with Gasteiger partial charge in [-0.15, -0.1) is 22.6 Å². The Hall–Kier alpha value is -1.92. The molecule has 0 bridgehead atoms. The van der Waals surface area contributed by atoms with Gasteiger partial charge < -0.3 is 14.8 Å². The van der Waals surface area contributed by atoms with Crippen LogP contribution in [0, 0.1) is 5.41 Å². The number of carbonyl (C=O) groups excluding carboxylic acids is 1. The quantitative estimate of drug-likeness (QED) is 0.833. The fraction of sp³-hybridized carbons (Fsp3) is 0.591. The number of benzene rings is 1. The van der Waals surface area contributed by atoms with E-state index in [-0.39, 0.29) is 17.8 Å². The maximum atomic E-state index is 13.4. The minimum absolute atomic E-state index is 0. The highest BCUT2D eigenvalue weighted by Gasteiger charge is 2.46. The summed E-state index contributed by atoms with van der Waals surface area (Å²) < 4.78 is 2.29. The van der Waals surface area contributed by atoms with E-state index in [2.05, 4.69) is 49.2 Å². The van der Waals surface area contributed by atoms with Crippen LogP contribution >= 0.6 is 12.4 Å². The zero-order valence-electron chi connectivity index (χ0n) is 16.8. The molecule has 2 fully saturated rings. The lowest BCUT2D eigenvalue weighted by Crippen LogP contribution is -2.51. The average Bonchev–Trinajstić information content (AvgIpc) is 3.15. The Morgan fingerprint density at radius 3 is 2.55 bits per heavy atom. The average molecular weight is 416 g/mol. The lowest BCUT2D eigenvalue weighted by atomic mass is 9.64. The van der Waals surface area contributed by atoms with E-state index in [1.54, 1.807) is 0 Å². The normalized spacial score (nSPS) is 21.0. The van der Waals surface area contributed by atoms with Crippen LogP contribution in [0.4, 0.5) is 0 Å². The highest BCUT2D eigenvalue weighted by atomic mass is 35.5. The molecule has 2 aliphatic heterocycles.